The van der Waals surface area contributed by atoms with Crippen LogP contribution in [0.5, 0.6) is 5.75 Å². The van der Waals surface area contributed by atoms with Gasteiger partial charge in [-0.15, -0.1) is 0 Å². The van der Waals surface area contributed by atoms with Gasteiger partial charge < -0.3 is 14.8 Å². The van der Waals surface area contributed by atoms with E-state index >= 15 is 0 Å². The fourth-order valence-corrected chi connectivity index (χ4v) is 1.66. The standard InChI is InChI=1S/C13H15FN2O2/c1-13(2,17)12-15-7-10(16-12)9-6-8(14)4-5-11(9)18-3/h4-7,17H,1-3H3,(H,15,16). The monoisotopic (exact) mass is 250 g/mol. The molecule has 2 aromatic rings. The lowest BCUT2D eigenvalue weighted by atomic mass is 10.1. The van der Waals surface area contributed by atoms with E-state index in [2.05, 4.69) is 9.97 Å². The average Bonchev–Trinajstić information content (AvgIpc) is 2.77. The van der Waals surface area contributed by atoms with E-state index in [1.807, 2.05) is 0 Å². The molecule has 1 aromatic heterocycles. The molecule has 1 aromatic carbocycles. The summed E-state index contributed by atoms with van der Waals surface area (Å²) in [4.78, 5) is 7.05. The van der Waals surface area contributed by atoms with Crippen LogP contribution < -0.4 is 4.74 Å². The fraction of sp³-hybridized carbons (Fsp3) is 0.308. The summed E-state index contributed by atoms with van der Waals surface area (Å²) in [6.07, 6.45) is 1.55. The van der Waals surface area contributed by atoms with Crippen LogP contribution in [0.1, 0.15) is 19.7 Å². The zero-order chi connectivity index (χ0) is 13.3. The molecule has 2 rings (SSSR count). The van der Waals surface area contributed by atoms with E-state index in [9.17, 15) is 9.50 Å². The second-order valence-corrected chi connectivity index (χ2v) is 4.55. The molecule has 96 valence electrons. The van der Waals surface area contributed by atoms with Crippen molar-refractivity contribution in [3.05, 3.63) is 36.0 Å². The van der Waals surface area contributed by atoms with Gasteiger partial charge in [0.05, 0.1) is 19.0 Å². The number of hydrogen-bond acceptors (Lipinski definition) is 3. The molecule has 4 nitrogen and oxygen atoms in total. The highest BCUT2D eigenvalue weighted by Gasteiger charge is 2.21. The molecule has 1 heterocycles. The lowest BCUT2D eigenvalue weighted by Gasteiger charge is -2.13. The van der Waals surface area contributed by atoms with Crippen molar-refractivity contribution in [2.45, 2.75) is 19.4 Å². The van der Waals surface area contributed by atoms with Gasteiger partial charge >= 0.3 is 0 Å². The third-order valence-electron chi connectivity index (χ3n) is 2.61. The van der Waals surface area contributed by atoms with Gasteiger partial charge in [0.15, 0.2) is 0 Å². The third-order valence-corrected chi connectivity index (χ3v) is 2.61. The van der Waals surface area contributed by atoms with Gasteiger partial charge in [0, 0.05) is 5.56 Å². The minimum absolute atomic E-state index is 0.356. The van der Waals surface area contributed by atoms with Crippen LogP contribution in [-0.4, -0.2) is 22.2 Å². The molecular weight excluding hydrogens is 235 g/mol. The van der Waals surface area contributed by atoms with Crippen LogP contribution in [0.4, 0.5) is 4.39 Å². The molecule has 0 saturated heterocycles. The molecule has 18 heavy (non-hydrogen) atoms. The average molecular weight is 250 g/mol. The number of imidazole rings is 1. The Balaban J connectivity index is 2.49. The predicted octanol–water partition coefficient (Wildman–Crippen LogP) is 2.45. The van der Waals surface area contributed by atoms with Crippen LogP contribution in [0.2, 0.25) is 0 Å². The maximum Gasteiger partial charge on any atom is 0.138 e. The number of H-pyrrole nitrogens is 1. The number of nitrogens with zero attached hydrogens (tertiary/aromatic N) is 1. The largest absolute Gasteiger partial charge is 0.496 e. The third kappa shape index (κ3) is 2.36. The second kappa shape index (κ2) is 4.42. The van der Waals surface area contributed by atoms with E-state index in [0.29, 0.717) is 22.8 Å². The SMILES string of the molecule is COc1ccc(F)cc1-c1cnc(C(C)(C)O)[nH]1. The minimum atomic E-state index is -1.07. The molecule has 2 N–H and O–H groups in total. The number of halogens is 1. The van der Waals surface area contributed by atoms with Crippen molar-refractivity contribution in [3.8, 4) is 17.0 Å². The van der Waals surface area contributed by atoms with Gasteiger partial charge in [-0.05, 0) is 32.0 Å². The number of aromatic nitrogens is 2. The highest BCUT2D eigenvalue weighted by molar-refractivity contribution is 5.66. The Bertz CT molecular complexity index is 558. The van der Waals surface area contributed by atoms with Gasteiger partial charge in [0.1, 0.15) is 23.0 Å². The first-order valence-electron chi connectivity index (χ1n) is 5.53. The molecule has 0 saturated carbocycles. The topological polar surface area (TPSA) is 58.1 Å². The van der Waals surface area contributed by atoms with Crippen LogP contribution in [0, 0.1) is 5.82 Å². The molecule has 5 heteroatoms. The number of methoxy groups -OCH3 is 1. The number of rotatable bonds is 3. The summed E-state index contributed by atoms with van der Waals surface area (Å²) < 4.78 is 18.4. The first-order valence-corrected chi connectivity index (χ1v) is 5.53. The lowest BCUT2D eigenvalue weighted by Crippen LogP contribution is -2.17. The summed E-state index contributed by atoms with van der Waals surface area (Å²) >= 11 is 0. The molecular formula is C13H15FN2O2. The minimum Gasteiger partial charge on any atom is -0.496 e. The summed E-state index contributed by atoms with van der Waals surface area (Å²) in [5.41, 5.74) is 0.0997. The number of benzene rings is 1. The van der Waals surface area contributed by atoms with E-state index in [-0.39, 0.29) is 5.82 Å². The summed E-state index contributed by atoms with van der Waals surface area (Å²) in [6, 6.07) is 4.24. The highest BCUT2D eigenvalue weighted by Crippen LogP contribution is 2.30. The van der Waals surface area contributed by atoms with Gasteiger partial charge in [0.25, 0.3) is 0 Å². The van der Waals surface area contributed by atoms with Gasteiger partial charge in [-0.3, -0.25) is 0 Å². The van der Waals surface area contributed by atoms with Crippen molar-refractivity contribution >= 4 is 0 Å². The normalized spacial score (nSPS) is 11.6. The summed E-state index contributed by atoms with van der Waals surface area (Å²) in [6.45, 7) is 3.25. The molecule has 0 aliphatic rings. The number of ether oxygens (including phenoxy) is 1. The number of aliphatic hydroxyl groups is 1. The fourth-order valence-electron chi connectivity index (χ4n) is 1.66. The molecule has 0 fully saturated rings. The Morgan fingerprint density at radius 1 is 1.39 bits per heavy atom. The zero-order valence-corrected chi connectivity index (χ0v) is 10.5. The zero-order valence-electron chi connectivity index (χ0n) is 10.5. The maximum atomic E-state index is 13.3. The Morgan fingerprint density at radius 3 is 2.67 bits per heavy atom. The van der Waals surface area contributed by atoms with Gasteiger partial charge in [0.2, 0.25) is 0 Å². The molecule has 0 unspecified atom stereocenters. The van der Waals surface area contributed by atoms with E-state index in [4.69, 9.17) is 4.74 Å². The first kappa shape index (κ1) is 12.6. The Morgan fingerprint density at radius 2 is 2.11 bits per heavy atom. The molecule has 0 amide bonds. The van der Waals surface area contributed by atoms with Crippen molar-refractivity contribution in [2.75, 3.05) is 7.11 Å². The predicted molar refractivity (Wildman–Crippen MR) is 65.8 cm³/mol. The maximum absolute atomic E-state index is 13.3. The van der Waals surface area contributed by atoms with Gasteiger partial charge in [-0.25, -0.2) is 9.37 Å². The molecule has 0 spiro atoms. The van der Waals surface area contributed by atoms with E-state index < -0.39 is 5.60 Å². The number of hydrogen-bond donors (Lipinski definition) is 2. The van der Waals surface area contributed by atoms with Crippen LogP contribution in [0.3, 0.4) is 0 Å². The van der Waals surface area contributed by atoms with Crippen LogP contribution in [0.25, 0.3) is 11.3 Å². The summed E-state index contributed by atoms with van der Waals surface area (Å²) in [5, 5.41) is 9.83. The summed E-state index contributed by atoms with van der Waals surface area (Å²) in [5.74, 6) is 0.608. The van der Waals surface area contributed by atoms with E-state index in [1.54, 1.807) is 26.1 Å². The second-order valence-electron chi connectivity index (χ2n) is 4.55. The van der Waals surface area contributed by atoms with Crippen molar-refractivity contribution in [1.29, 1.82) is 0 Å². The van der Waals surface area contributed by atoms with Gasteiger partial charge in [-0.1, -0.05) is 0 Å². The summed E-state index contributed by atoms with van der Waals surface area (Å²) in [7, 11) is 1.52. The quantitative estimate of drug-likeness (QED) is 0.879. The van der Waals surface area contributed by atoms with E-state index in [0.717, 1.165) is 0 Å². The van der Waals surface area contributed by atoms with Crippen molar-refractivity contribution in [2.24, 2.45) is 0 Å². The Labute approximate surface area is 104 Å². The van der Waals surface area contributed by atoms with Gasteiger partial charge in [-0.2, -0.15) is 0 Å². The number of aromatic amines is 1. The molecule has 0 aliphatic heterocycles. The van der Waals surface area contributed by atoms with Crippen LogP contribution in [-0.2, 0) is 5.60 Å². The lowest BCUT2D eigenvalue weighted by molar-refractivity contribution is 0.0697. The van der Waals surface area contributed by atoms with Crippen LogP contribution in [0.15, 0.2) is 24.4 Å². The molecule has 0 aliphatic carbocycles. The molecule has 0 atom stereocenters. The van der Waals surface area contributed by atoms with Crippen molar-refractivity contribution in [1.82, 2.24) is 9.97 Å². The Kier molecular flexibility index (Phi) is 3.09. The molecule has 0 radical (unpaired) electrons. The van der Waals surface area contributed by atoms with Crippen molar-refractivity contribution < 1.29 is 14.2 Å². The Hall–Kier alpha value is -1.88. The molecule has 0 bridgehead atoms. The first-order chi connectivity index (χ1) is 8.41. The van der Waals surface area contributed by atoms with E-state index in [1.165, 1.54) is 19.2 Å². The van der Waals surface area contributed by atoms with Crippen molar-refractivity contribution in [3.63, 3.8) is 0 Å². The van der Waals surface area contributed by atoms with Crippen LogP contribution >= 0.6 is 0 Å². The number of nitrogens with one attached hydrogen (secondary N) is 1. The highest BCUT2D eigenvalue weighted by atomic mass is 19.1. The smallest absolute Gasteiger partial charge is 0.138 e.